The van der Waals surface area contributed by atoms with Crippen molar-refractivity contribution in [3.8, 4) is 0 Å². The van der Waals surface area contributed by atoms with Gasteiger partial charge in [0.15, 0.2) is 0 Å². The van der Waals surface area contributed by atoms with Gasteiger partial charge in [-0.2, -0.15) is 0 Å². The molecule has 0 amide bonds. The van der Waals surface area contributed by atoms with E-state index < -0.39 is 0 Å². The molecule has 0 radical (unpaired) electrons. The van der Waals surface area contributed by atoms with Gasteiger partial charge in [0, 0.05) is 5.88 Å². The molecule has 54 valence electrons. The Balaban J connectivity index is 2.32. The van der Waals surface area contributed by atoms with Crippen molar-refractivity contribution >= 4 is 11.6 Å². The maximum atomic E-state index is 9.61. The molecule has 1 saturated carbocycles. The van der Waals surface area contributed by atoms with Crippen molar-refractivity contribution < 1.29 is 5.11 Å². The van der Waals surface area contributed by atoms with Crippen LogP contribution >= 0.6 is 11.6 Å². The molecule has 1 nitrogen and oxygen atoms in total. The molecular weight excluding hydrogens is 136 g/mol. The van der Waals surface area contributed by atoms with Gasteiger partial charge in [0.25, 0.3) is 0 Å². The second-order valence-electron chi connectivity index (χ2n) is 2.87. The number of alkyl halides is 1. The summed E-state index contributed by atoms with van der Waals surface area (Å²) in [7, 11) is 0. The van der Waals surface area contributed by atoms with Crippen molar-refractivity contribution in [2.75, 3.05) is 5.88 Å². The minimum atomic E-state index is -0.387. The average Bonchev–Trinajstić information content (AvgIpc) is 2.16. The molecule has 1 fully saturated rings. The predicted molar refractivity (Wildman–Crippen MR) is 38.8 cm³/mol. The van der Waals surface area contributed by atoms with E-state index in [1.165, 1.54) is 12.8 Å². The molecule has 9 heavy (non-hydrogen) atoms. The Morgan fingerprint density at radius 3 is 2.33 bits per heavy atom. The van der Waals surface area contributed by atoms with Gasteiger partial charge in [-0.05, 0) is 19.3 Å². The molecule has 0 bridgehead atoms. The van der Waals surface area contributed by atoms with Gasteiger partial charge < -0.3 is 5.11 Å². The van der Waals surface area contributed by atoms with Crippen molar-refractivity contribution in [3.05, 3.63) is 0 Å². The first kappa shape index (κ1) is 7.36. The summed E-state index contributed by atoms with van der Waals surface area (Å²) in [5, 5.41) is 9.61. The molecule has 0 aromatic heterocycles. The van der Waals surface area contributed by atoms with Crippen molar-refractivity contribution in [1.82, 2.24) is 0 Å². The van der Waals surface area contributed by atoms with Crippen LogP contribution in [-0.4, -0.2) is 16.6 Å². The highest BCUT2D eigenvalue weighted by molar-refractivity contribution is 6.17. The Hall–Kier alpha value is 0.250. The van der Waals surface area contributed by atoms with Gasteiger partial charge in [0.1, 0.15) is 0 Å². The van der Waals surface area contributed by atoms with Crippen molar-refractivity contribution in [1.29, 1.82) is 0 Å². The molecule has 0 spiro atoms. The summed E-state index contributed by atoms with van der Waals surface area (Å²) in [6.07, 6.45) is 5.04. The Kier molecular flexibility index (Phi) is 2.36. The number of hydrogen-bond acceptors (Lipinski definition) is 1. The third-order valence-electron chi connectivity index (χ3n) is 2.09. The van der Waals surface area contributed by atoms with E-state index in [9.17, 15) is 5.11 Å². The normalized spacial score (nSPS) is 24.7. The van der Waals surface area contributed by atoms with Crippen LogP contribution in [0.15, 0.2) is 0 Å². The zero-order chi connectivity index (χ0) is 6.74. The van der Waals surface area contributed by atoms with Crippen LogP contribution in [0.5, 0.6) is 0 Å². The number of rotatable bonds is 2. The maximum Gasteiger partial charge on any atom is 0.0659 e. The molecule has 2 heteroatoms. The van der Waals surface area contributed by atoms with E-state index in [4.69, 9.17) is 11.6 Å². The van der Waals surface area contributed by atoms with Crippen LogP contribution < -0.4 is 0 Å². The highest BCUT2D eigenvalue weighted by Crippen LogP contribution is 2.32. The zero-order valence-electron chi connectivity index (χ0n) is 5.57. The Bertz CT molecular complexity index is 86.9. The van der Waals surface area contributed by atoms with Crippen molar-refractivity contribution in [3.63, 3.8) is 0 Å². The van der Waals surface area contributed by atoms with E-state index in [0.717, 1.165) is 19.3 Å². The van der Waals surface area contributed by atoms with Gasteiger partial charge in [-0.3, -0.25) is 0 Å². The van der Waals surface area contributed by atoms with Gasteiger partial charge >= 0.3 is 0 Å². The zero-order valence-corrected chi connectivity index (χ0v) is 6.32. The van der Waals surface area contributed by atoms with Crippen LogP contribution in [0.3, 0.4) is 0 Å². The molecule has 0 aromatic carbocycles. The third kappa shape index (κ3) is 1.84. The highest BCUT2D eigenvalue weighted by Gasteiger charge is 2.29. The number of hydrogen-bond donors (Lipinski definition) is 1. The van der Waals surface area contributed by atoms with Gasteiger partial charge in [0.05, 0.1) is 5.60 Å². The Labute approximate surface area is 61.0 Å². The van der Waals surface area contributed by atoms with Crippen LogP contribution in [-0.2, 0) is 0 Å². The minimum absolute atomic E-state index is 0.387. The topological polar surface area (TPSA) is 20.2 Å². The molecule has 0 aromatic rings. The third-order valence-corrected chi connectivity index (χ3v) is 2.28. The molecule has 1 N–H and O–H groups in total. The largest absolute Gasteiger partial charge is 0.390 e. The molecule has 0 heterocycles. The van der Waals surface area contributed by atoms with Crippen LogP contribution in [0.2, 0.25) is 0 Å². The second kappa shape index (κ2) is 2.89. The lowest BCUT2D eigenvalue weighted by Gasteiger charge is -2.19. The molecule has 0 unspecified atom stereocenters. The highest BCUT2D eigenvalue weighted by atomic mass is 35.5. The van der Waals surface area contributed by atoms with E-state index >= 15 is 0 Å². The Morgan fingerprint density at radius 2 is 1.89 bits per heavy atom. The van der Waals surface area contributed by atoms with E-state index in [-0.39, 0.29) is 5.60 Å². The molecule has 0 aliphatic heterocycles. The SMILES string of the molecule is OC1(CCCl)CCCC1. The van der Waals surface area contributed by atoms with E-state index in [2.05, 4.69) is 0 Å². The van der Waals surface area contributed by atoms with Gasteiger partial charge in [-0.15, -0.1) is 11.6 Å². The standard InChI is InChI=1S/C7H13ClO/c8-6-5-7(9)3-1-2-4-7/h9H,1-6H2. The first-order chi connectivity index (χ1) is 4.27. The van der Waals surface area contributed by atoms with Crippen LogP contribution in [0.25, 0.3) is 0 Å². The van der Waals surface area contributed by atoms with Gasteiger partial charge in [-0.1, -0.05) is 12.8 Å². The summed E-state index contributed by atoms with van der Waals surface area (Å²) in [4.78, 5) is 0. The summed E-state index contributed by atoms with van der Waals surface area (Å²) >= 11 is 5.51. The van der Waals surface area contributed by atoms with Crippen molar-refractivity contribution in [2.45, 2.75) is 37.7 Å². The lowest BCUT2D eigenvalue weighted by atomic mass is 10.00. The predicted octanol–water partition coefficient (Wildman–Crippen LogP) is 1.92. The fraction of sp³-hybridized carbons (Fsp3) is 1.00. The fourth-order valence-electron chi connectivity index (χ4n) is 1.46. The molecule has 1 aliphatic carbocycles. The minimum Gasteiger partial charge on any atom is -0.390 e. The quantitative estimate of drug-likeness (QED) is 0.594. The average molecular weight is 149 g/mol. The summed E-state index contributed by atoms with van der Waals surface area (Å²) in [6.45, 7) is 0. The number of aliphatic hydroxyl groups is 1. The lowest BCUT2D eigenvalue weighted by Crippen LogP contribution is -2.24. The first-order valence-electron chi connectivity index (χ1n) is 3.55. The molecule has 1 aliphatic rings. The van der Waals surface area contributed by atoms with Crippen molar-refractivity contribution in [2.24, 2.45) is 0 Å². The Morgan fingerprint density at radius 1 is 1.33 bits per heavy atom. The summed E-state index contributed by atoms with van der Waals surface area (Å²) in [5.41, 5.74) is -0.387. The van der Waals surface area contributed by atoms with E-state index in [0.29, 0.717) is 5.88 Å². The van der Waals surface area contributed by atoms with E-state index in [1.807, 2.05) is 0 Å². The summed E-state index contributed by atoms with van der Waals surface area (Å²) in [6, 6.07) is 0. The smallest absolute Gasteiger partial charge is 0.0659 e. The molecule has 0 saturated heterocycles. The number of halogens is 1. The fourth-order valence-corrected chi connectivity index (χ4v) is 1.81. The monoisotopic (exact) mass is 148 g/mol. The van der Waals surface area contributed by atoms with Gasteiger partial charge in [-0.25, -0.2) is 0 Å². The maximum absolute atomic E-state index is 9.61. The lowest BCUT2D eigenvalue weighted by molar-refractivity contribution is 0.0448. The second-order valence-corrected chi connectivity index (χ2v) is 3.25. The molecular formula is C7H13ClO. The van der Waals surface area contributed by atoms with Crippen LogP contribution in [0.1, 0.15) is 32.1 Å². The van der Waals surface area contributed by atoms with Gasteiger partial charge in [0.2, 0.25) is 0 Å². The van der Waals surface area contributed by atoms with Crippen LogP contribution in [0.4, 0.5) is 0 Å². The van der Waals surface area contributed by atoms with E-state index in [1.54, 1.807) is 0 Å². The van der Waals surface area contributed by atoms with Crippen LogP contribution in [0, 0.1) is 0 Å². The molecule has 0 atom stereocenters. The summed E-state index contributed by atoms with van der Waals surface area (Å²) < 4.78 is 0. The first-order valence-corrected chi connectivity index (χ1v) is 4.09. The summed E-state index contributed by atoms with van der Waals surface area (Å²) in [5.74, 6) is 0.594. The molecule has 1 rings (SSSR count).